The van der Waals surface area contributed by atoms with E-state index < -0.39 is 0 Å². The molecule has 25 heavy (non-hydrogen) atoms. The summed E-state index contributed by atoms with van der Waals surface area (Å²) in [7, 11) is 0. The fourth-order valence-electron chi connectivity index (χ4n) is 2.78. The van der Waals surface area contributed by atoms with E-state index in [1.165, 1.54) is 5.56 Å². The molecule has 0 radical (unpaired) electrons. The van der Waals surface area contributed by atoms with Crippen LogP contribution in [0.5, 0.6) is 0 Å². The van der Waals surface area contributed by atoms with Crippen molar-refractivity contribution < 1.29 is 4.79 Å². The summed E-state index contributed by atoms with van der Waals surface area (Å²) in [6.07, 6.45) is 5.30. The minimum atomic E-state index is 0.0339. The number of amidine groups is 1. The van der Waals surface area contributed by atoms with Crippen LogP contribution in [0.25, 0.3) is 0 Å². The van der Waals surface area contributed by atoms with E-state index in [0.29, 0.717) is 22.5 Å². The Morgan fingerprint density at radius 3 is 2.48 bits per heavy atom. The van der Waals surface area contributed by atoms with Crippen molar-refractivity contribution >= 4 is 23.3 Å². The molecule has 0 aromatic heterocycles. The Morgan fingerprint density at radius 1 is 1.28 bits per heavy atom. The molecule has 0 saturated heterocycles. The molecule has 1 aromatic rings. The van der Waals surface area contributed by atoms with Crippen LogP contribution in [0.2, 0.25) is 0 Å². The van der Waals surface area contributed by atoms with E-state index in [1.54, 1.807) is 19.1 Å². The first-order valence-corrected chi connectivity index (χ1v) is 8.89. The standard InChI is InChI=1S/C21H25ClN2O/c1-5-19(22)13-20(14(2)3)23-15(4)24-21(25)18-11-17(12-18)16-9-7-6-8-10-16/h5-10,13,17-18H,2,11-12H2,1,3-4H3,(H,23,24,25)/b19-5+,20-13+. The zero-order valence-electron chi connectivity index (χ0n) is 15.1. The fourth-order valence-corrected chi connectivity index (χ4v) is 2.89. The molecule has 1 aliphatic carbocycles. The van der Waals surface area contributed by atoms with Gasteiger partial charge in [0.1, 0.15) is 5.84 Å². The molecule has 132 valence electrons. The number of allylic oxidation sites excluding steroid dienone is 4. The summed E-state index contributed by atoms with van der Waals surface area (Å²) >= 11 is 6.04. The van der Waals surface area contributed by atoms with Gasteiger partial charge in [0, 0.05) is 11.0 Å². The van der Waals surface area contributed by atoms with Gasteiger partial charge in [-0.05, 0) is 56.7 Å². The van der Waals surface area contributed by atoms with Crippen LogP contribution in [0.4, 0.5) is 0 Å². The van der Waals surface area contributed by atoms with E-state index in [-0.39, 0.29) is 11.8 Å². The molecule has 0 unspecified atom stereocenters. The molecule has 2 rings (SSSR count). The summed E-state index contributed by atoms with van der Waals surface area (Å²) < 4.78 is 0. The molecular formula is C21H25ClN2O. The lowest BCUT2D eigenvalue weighted by Gasteiger charge is -2.34. The summed E-state index contributed by atoms with van der Waals surface area (Å²) in [5.74, 6) is 1.12. The van der Waals surface area contributed by atoms with Crippen LogP contribution in [-0.4, -0.2) is 11.7 Å². The van der Waals surface area contributed by atoms with Gasteiger partial charge in [0.15, 0.2) is 0 Å². The molecule has 1 aliphatic rings. The second kappa shape index (κ2) is 8.82. The van der Waals surface area contributed by atoms with Crippen molar-refractivity contribution in [3.8, 4) is 0 Å². The first kappa shape index (κ1) is 19.2. The number of nitrogens with one attached hydrogen (secondary N) is 1. The smallest absolute Gasteiger partial charge is 0.228 e. The third-order valence-electron chi connectivity index (χ3n) is 4.36. The second-order valence-electron chi connectivity index (χ2n) is 6.45. The Balaban J connectivity index is 1.94. The van der Waals surface area contributed by atoms with Crippen LogP contribution < -0.4 is 5.32 Å². The largest absolute Gasteiger partial charge is 0.314 e. The predicted molar refractivity (Wildman–Crippen MR) is 106 cm³/mol. The molecule has 0 spiro atoms. The lowest BCUT2D eigenvalue weighted by Crippen LogP contribution is -2.40. The van der Waals surface area contributed by atoms with Gasteiger partial charge in [0.25, 0.3) is 0 Å². The van der Waals surface area contributed by atoms with E-state index in [1.807, 2.05) is 32.0 Å². The monoisotopic (exact) mass is 356 g/mol. The molecule has 1 N–H and O–H groups in total. The number of carbonyl (C=O) groups excluding carboxylic acids is 1. The molecule has 1 aromatic carbocycles. The van der Waals surface area contributed by atoms with Crippen LogP contribution >= 0.6 is 11.6 Å². The minimum Gasteiger partial charge on any atom is -0.314 e. The van der Waals surface area contributed by atoms with Crippen molar-refractivity contribution in [2.75, 3.05) is 0 Å². The van der Waals surface area contributed by atoms with Gasteiger partial charge < -0.3 is 5.32 Å². The Kier molecular flexibility index (Phi) is 6.77. The van der Waals surface area contributed by atoms with Crippen LogP contribution in [0.15, 0.2) is 70.4 Å². The van der Waals surface area contributed by atoms with Crippen LogP contribution in [0.3, 0.4) is 0 Å². The highest BCUT2D eigenvalue weighted by molar-refractivity contribution is 6.31. The third kappa shape index (κ3) is 5.43. The fraction of sp³-hybridized carbons (Fsp3) is 0.333. The highest BCUT2D eigenvalue weighted by atomic mass is 35.5. The van der Waals surface area contributed by atoms with Crippen LogP contribution in [0.1, 0.15) is 45.1 Å². The second-order valence-corrected chi connectivity index (χ2v) is 6.88. The maximum Gasteiger partial charge on any atom is 0.228 e. The van der Waals surface area contributed by atoms with Gasteiger partial charge in [-0.2, -0.15) is 0 Å². The predicted octanol–water partition coefficient (Wildman–Crippen LogP) is 5.32. The number of amides is 1. The van der Waals surface area contributed by atoms with Crippen molar-refractivity contribution in [1.82, 2.24) is 5.32 Å². The highest BCUT2D eigenvalue weighted by Crippen LogP contribution is 2.41. The number of rotatable bonds is 5. The summed E-state index contributed by atoms with van der Waals surface area (Å²) in [4.78, 5) is 16.8. The van der Waals surface area contributed by atoms with Gasteiger partial charge in [-0.25, -0.2) is 4.99 Å². The summed E-state index contributed by atoms with van der Waals surface area (Å²) in [6.45, 7) is 9.41. The first-order valence-electron chi connectivity index (χ1n) is 8.51. The van der Waals surface area contributed by atoms with Crippen molar-refractivity contribution in [1.29, 1.82) is 0 Å². The number of benzene rings is 1. The molecular weight excluding hydrogens is 332 g/mol. The zero-order valence-corrected chi connectivity index (χ0v) is 15.8. The Labute approximate surface area is 155 Å². The molecule has 1 saturated carbocycles. The van der Waals surface area contributed by atoms with E-state index in [0.717, 1.165) is 18.4 Å². The maximum atomic E-state index is 12.4. The molecule has 3 nitrogen and oxygen atoms in total. The van der Waals surface area contributed by atoms with Crippen molar-refractivity contribution in [3.05, 3.63) is 70.9 Å². The van der Waals surface area contributed by atoms with Gasteiger partial charge in [-0.1, -0.05) is 54.6 Å². The molecule has 0 atom stereocenters. The lowest BCUT2D eigenvalue weighted by atomic mass is 9.71. The summed E-state index contributed by atoms with van der Waals surface area (Å²) in [5.41, 5.74) is 2.77. The lowest BCUT2D eigenvalue weighted by molar-refractivity contribution is -0.126. The van der Waals surface area contributed by atoms with E-state index in [2.05, 4.69) is 29.0 Å². The molecule has 0 heterocycles. The number of carbonyl (C=O) groups is 1. The molecule has 1 fully saturated rings. The average Bonchev–Trinajstić information content (AvgIpc) is 2.53. The van der Waals surface area contributed by atoms with Crippen molar-refractivity contribution in [2.24, 2.45) is 10.9 Å². The Morgan fingerprint density at radius 2 is 1.92 bits per heavy atom. The first-order chi connectivity index (χ1) is 11.9. The van der Waals surface area contributed by atoms with E-state index in [4.69, 9.17) is 11.6 Å². The highest BCUT2D eigenvalue weighted by Gasteiger charge is 2.35. The summed E-state index contributed by atoms with van der Waals surface area (Å²) in [6, 6.07) is 10.3. The van der Waals surface area contributed by atoms with Crippen molar-refractivity contribution in [3.63, 3.8) is 0 Å². The number of aliphatic imine (C=N–C) groups is 1. The SMILES string of the molecule is C=C(C)/C(=C\C(Cl)=C/C)N=C(C)NC(=O)C1CC(c2ccccc2)C1. The van der Waals surface area contributed by atoms with Crippen molar-refractivity contribution in [2.45, 2.75) is 39.5 Å². The van der Waals surface area contributed by atoms with Gasteiger partial charge in [0.2, 0.25) is 5.91 Å². The Bertz CT molecular complexity index is 726. The van der Waals surface area contributed by atoms with E-state index in [9.17, 15) is 4.79 Å². The molecule has 0 bridgehead atoms. The average molecular weight is 357 g/mol. The van der Waals surface area contributed by atoms with E-state index >= 15 is 0 Å². The number of hydrogen-bond donors (Lipinski definition) is 1. The van der Waals surface area contributed by atoms with Gasteiger partial charge in [-0.3, -0.25) is 4.79 Å². The van der Waals surface area contributed by atoms with Crippen LogP contribution in [-0.2, 0) is 4.79 Å². The van der Waals surface area contributed by atoms with Crippen LogP contribution in [0, 0.1) is 5.92 Å². The molecule has 4 heteroatoms. The Hall–Kier alpha value is -2.13. The number of halogens is 1. The topological polar surface area (TPSA) is 41.5 Å². The van der Waals surface area contributed by atoms with Gasteiger partial charge >= 0.3 is 0 Å². The quantitative estimate of drug-likeness (QED) is 0.433. The van der Waals surface area contributed by atoms with Gasteiger partial charge in [0.05, 0.1) is 5.70 Å². The third-order valence-corrected chi connectivity index (χ3v) is 4.69. The molecule has 1 amide bonds. The minimum absolute atomic E-state index is 0.0339. The summed E-state index contributed by atoms with van der Waals surface area (Å²) in [5, 5.41) is 3.49. The molecule has 0 aliphatic heterocycles. The normalized spacial score (nSPS) is 21.5. The number of hydrogen-bond acceptors (Lipinski definition) is 2. The van der Waals surface area contributed by atoms with Gasteiger partial charge in [-0.15, -0.1) is 0 Å². The maximum absolute atomic E-state index is 12.4. The zero-order chi connectivity index (χ0) is 18.4. The number of nitrogens with zero attached hydrogens (tertiary/aromatic N) is 1.